The van der Waals surface area contributed by atoms with Gasteiger partial charge in [-0.15, -0.1) is 0 Å². The fourth-order valence-corrected chi connectivity index (χ4v) is 4.45. The van der Waals surface area contributed by atoms with Crippen LogP contribution in [0.5, 0.6) is 5.75 Å². The number of nitrogens with zero attached hydrogens (tertiary/aromatic N) is 2. The minimum absolute atomic E-state index is 0.0205. The Bertz CT molecular complexity index is 1080. The van der Waals surface area contributed by atoms with Crippen molar-refractivity contribution in [2.45, 2.75) is 50.7 Å². The number of carbonyl (C=O) groups excluding carboxylic acids is 1. The molecule has 2 atom stereocenters. The summed E-state index contributed by atoms with van der Waals surface area (Å²) in [6.07, 6.45) is 6.74. The molecule has 3 N–H and O–H groups in total. The monoisotopic (exact) mass is 403 g/mol. The lowest BCUT2D eigenvalue weighted by atomic mass is 9.94. The number of hydrogen-bond donors (Lipinski definition) is 3. The first kappa shape index (κ1) is 18.7. The zero-order valence-electron chi connectivity index (χ0n) is 17.1. The summed E-state index contributed by atoms with van der Waals surface area (Å²) in [4.78, 5) is 16.2. The Morgan fingerprint density at radius 1 is 1.20 bits per heavy atom. The van der Waals surface area contributed by atoms with E-state index in [1.807, 2.05) is 44.2 Å². The molecule has 30 heavy (non-hydrogen) atoms. The van der Waals surface area contributed by atoms with Crippen LogP contribution in [0.15, 0.2) is 48.8 Å². The third-order valence-corrected chi connectivity index (χ3v) is 6.00. The van der Waals surface area contributed by atoms with E-state index in [1.54, 1.807) is 12.4 Å². The first-order chi connectivity index (χ1) is 14.5. The third-order valence-electron chi connectivity index (χ3n) is 6.00. The lowest BCUT2D eigenvalue weighted by Crippen LogP contribution is -2.32. The van der Waals surface area contributed by atoms with Gasteiger partial charge in [-0.1, -0.05) is 0 Å². The number of benzene rings is 1. The van der Waals surface area contributed by atoms with Crippen LogP contribution in [0.3, 0.4) is 0 Å². The molecule has 0 spiro atoms. The molecule has 1 fully saturated rings. The number of pyridine rings is 1. The Kier molecular flexibility index (Phi) is 4.46. The summed E-state index contributed by atoms with van der Waals surface area (Å²) in [5.74, 6) is 1.97. The molecule has 1 aromatic carbocycles. The number of aromatic amines is 1. The maximum atomic E-state index is 12.1. The molecule has 0 radical (unpaired) electrons. The lowest BCUT2D eigenvalue weighted by Gasteiger charge is -2.19. The fourth-order valence-electron chi connectivity index (χ4n) is 4.45. The van der Waals surface area contributed by atoms with E-state index in [0.717, 1.165) is 53.3 Å². The topological polar surface area (TPSA) is 91.9 Å². The molecular formula is C23H25N5O2. The molecule has 1 saturated carbocycles. The zero-order valence-corrected chi connectivity index (χ0v) is 17.1. The summed E-state index contributed by atoms with van der Waals surface area (Å²) >= 11 is 0. The fraction of sp³-hybridized carbons (Fsp3) is 0.348. The smallest absolute Gasteiger partial charge is 0.252 e. The summed E-state index contributed by atoms with van der Waals surface area (Å²) in [5, 5.41) is 14.0. The number of anilines is 2. The molecule has 1 aliphatic carbocycles. The number of amides is 1. The van der Waals surface area contributed by atoms with E-state index in [2.05, 4.69) is 31.9 Å². The first-order valence-corrected chi connectivity index (χ1v) is 10.3. The molecule has 7 heteroatoms. The van der Waals surface area contributed by atoms with Gasteiger partial charge in [0.1, 0.15) is 5.75 Å². The Morgan fingerprint density at radius 2 is 2.10 bits per heavy atom. The second kappa shape index (κ2) is 7.16. The molecule has 1 amide bonds. The van der Waals surface area contributed by atoms with E-state index in [1.165, 1.54) is 0 Å². The molecule has 2 aromatic heterocycles. The van der Waals surface area contributed by atoms with Gasteiger partial charge in [0.05, 0.1) is 17.8 Å². The third kappa shape index (κ3) is 3.51. The van der Waals surface area contributed by atoms with Crippen LogP contribution < -0.4 is 15.4 Å². The zero-order chi connectivity index (χ0) is 20.7. The number of aromatic nitrogens is 3. The van der Waals surface area contributed by atoms with Crippen LogP contribution in [0, 0.1) is 0 Å². The lowest BCUT2D eigenvalue weighted by molar-refractivity contribution is 0.0940. The number of fused-ring (bicyclic) bond motifs is 1. The van der Waals surface area contributed by atoms with Crippen molar-refractivity contribution in [3.8, 4) is 5.75 Å². The van der Waals surface area contributed by atoms with Crippen molar-refractivity contribution in [1.29, 1.82) is 0 Å². The quantitative estimate of drug-likeness (QED) is 0.593. The molecule has 2 unspecified atom stereocenters. The van der Waals surface area contributed by atoms with E-state index in [0.29, 0.717) is 5.92 Å². The molecule has 0 saturated heterocycles. The molecule has 154 valence electrons. The Morgan fingerprint density at radius 3 is 2.93 bits per heavy atom. The first-order valence-electron chi connectivity index (χ1n) is 10.3. The van der Waals surface area contributed by atoms with Crippen LogP contribution in [-0.2, 0) is 5.54 Å². The van der Waals surface area contributed by atoms with Gasteiger partial charge < -0.3 is 15.4 Å². The molecule has 0 bridgehead atoms. The van der Waals surface area contributed by atoms with Gasteiger partial charge in [0.2, 0.25) is 0 Å². The van der Waals surface area contributed by atoms with Gasteiger partial charge in [0, 0.05) is 35.1 Å². The number of ether oxygens (including phenoxy) is 1. The van der Waals surface area contributed by atoms with Gasteiger partial charge in [0.25, 0.3) is 5.91 Å². The standard InChI is InChI=1S/C23H25N5O2/c1-23(2)19-11-15(6-8-18(19)22(29)26-23)25-21-12-20(27-28-21)14-5-7-16(10-14)30-17-4-3-9-24-13-17/h3-4,6,8-9,11-14,16H,5,7,10H2,1-2H3,(H,26,29)(H2,25,27,28). The molecule has 2 aliphatic rings. The summed E-state index contributed by atoms with van der Waals surface area (Å²) in [5.41, 5.74) is 3.40. The summed E-state index contributed by atoms with van der Waals surface area (Å²) in [6, 6.07) is 11.7. The van der Waals surface area contributed by atoms with Crippen LogP contribution in [0.1, 0.15) is 60.6 Å². The predicted molar refractivity (Wildman–Crippen MR) is 114 cm³/mol. The minimum Gasteiger partial charge on any atom is -0.489 e. The molecule has 3 aromatic rings. The van der Waals surface area contributed by atoms with Gasteiger partial charge in [-0.05, 0) is 69.0 Å². The van der Waals surface area contributed by atoms with Gasteiger partial charge in [-0.2, -0.15) is 5.10 Å². The highest BCUT2D eigenvalue weighted by Gasteiger charge is 2.35. The molecule has 7 nitrogen and oxygen atoms in total. The van der Waals surface area contributed by atoms with E-state index < -0.39 is 0 Å². The molecule has 5 rings (SSSR count). The largest absolute Gasteiger partial charge is 0.489 e. The summed E-state index contributed by atoms with van der Waals surface area (Å²) < 4.78 is 6.05. The van der Waals surface area contributed by atoms with E-state index >= 15 is 0 Å². The normalized spacial score (nSPS) is 21.9. The van der Waals surface area contributed by atoms with Crippen molar-refractivity contribution >= 4 is 17.4 Å². The SMILES string of the molecule is CC1(C)NC(=O)c2ccc(Nc3cc(C4CCC(Oc5cccnc5)C4)[nH]n3)cc21. The van der Waals surface area contributed by atoms with Crippen molar-refractivity contribution in [1.82, 2.24) is 20.5 Å². The van der Waals surface area contributed by atoms with Crippen LogP contribution in [0.25, 0.3) is 0 Å². The Labute approximate surface area is 175 Å². The maximum absolute atomic E-state index is 12.1. The van der Waals surface area contributed by atoms with Gasteiger partial charge in [-0.3, -0.25) is 14.9 Å². The van der Waals surface area contributed by atoms with Crippen LogP contribution in [0.4, 0.5) is 11.5 Å². The average Bonchev–Trinajstić information content (AvgIpc) is 3.42. The predicted octanol–water partition coefficient (Wildman–Crippen LogP) is 4.24. The summed E-state index contributed by atoms with van der Waals surface area (Å²) in [6.45, 7) is 4.02. The summed E-state index contributed by atoms with van der Waals surface area (Å²) in [7, 11) is 0. The van der Waals surface area contributed by atoms with Gasteiger partial charge in [-0.25, -0.2) is 0 Å². The van der Waals surface area contributed by atoms with Crippen molar-refractivity contribution in [3.05, 3.63) is 65.6 Å². The highest BCUT2D eigenvalue weighted by atomic mass is 16.5. The van der Waals surface area contributed by atoms with Crippen molar-refractivity contribution in [3.63, 3.8) is 0 Å². The minimum atomic E-state index is -0.367. The van der Waals surface area contributed by atoms with Gasteiger partial charge >= 0.3 is 0 Å². The molecular weight excluding hydrogens is 378 g/mol. The highest BCUT2D eigenvalue weighted by molar-refractivity contribution is 6.00. The van der Waals surface area contributed by atoms with Crippen molar-refractivity contribution in [2.24, 2.45) is 0 Å². The average molecular weight is 403 g/mol. The van der Waals surface area contributed by atoms with Crippen LogP contribution >= 0.6 is 0 Å². The molecule has 3 heterocycles. The van der Waals surface area contributed by atoms with Crippen molar-refractivity contribution < 1.29 is 9.53 Å². The number of rotatable bonds is 5. The highest BCUT2D eigenvalue weighted by Crippen LogP contribution is 2.37. The second-order valence-corrected chi connectivity index (χ2v) is 8.61. The van der Waals surface area contributed by atoms with Crippen LogP contribution in [0.2, 0.25) is 0 Å². The van der Waals surface area contributed by atoms with E-state index in [9.17, 15) is 4.79 Å². The number of hydrogen-bond acceptors (Lipinski definition) is 5. The van der Waals surface area contributed by atoms with Crippen LogP contribution in [-0.4, -0.2) is 27.2 Å². The maximum Gasteiger partial charge on any atom is 0.252 e. The second-order valence-electron chi connectivity index (χ2n) is 8.61. The van der Waals surface area contributed by atoms with Crippen molar-refractivity contribution in [2.75, 3.05) is 5.32 Å². The number of nitrogens with one attached hydrogen (secondary N) is 3. The van der Waals surface area contributed by atoms with E-state index in [-0.39, 0.29) is 17.6 Å². The van der Waals surface area contributed by atoms with E-state index in [4.69, 9.17) is 4.74 Å². The van der Waals surface area contributed by atoms with Gasteiger partial charge in [0.15, 0.2) is 5.82 Å². The Balaban J connectivity index is 1.25. The number of H-pyrrole nitrogens is 1. The number of carbonyl (C=O) groups is 1. The Hall–Kier alpha value is -3.35. The molecule has 1 aliphatic heterocycles.